The van der Waals surface area contributed by atoms with Crippen molar-refractivity contribution < 1.29 is 13.2 Å². The average Bonchev–Trinajstić information content (AvgIpc) is 1.97. The number of hydrogen-bond donors (Lipinski definition) is 0. The van der Waals surface area contributed by atoms with Crippen LogP contribution in [0.2, 0.25) is 0 Å². The van der Waals surface area contributed by atoms with Crippen LogP contribution in [0.1, 0.15) is 5.56 Å². The zero-order valence-corrected chi connectivity index (χ0v) is 5.70. The maximum absolute atomic E-state index is 12.6. The zero-order chi connectivity index (χ0) is 8.43. The van der Waals surface area contributed by atoms with Gasteiger partial charge in [-0.25, -0.2) is 13.2 Å². The molecule has 0 amide bonds. The largest absolute Gasteiger partial charge is 0.207 e. The minimum absolute atomic E-state index is 0.0869. The summed E-state index contributed by atoms with van der Waals surface area (Å²) >= 11 is 0. The van der Waals surface area contributed by atoms with E-state index in [0.29, 0.717) is 6.07 Å². The molecule has 0 bridgehead atoms. The Morgan fingerprint density at radius 1 is 1.00 bits per heavy atom. The molecule has 0 heterocycles. The number of rotatable bonds is 1. The first-order valence-electron chi connectivity index (χ1n) is 3.08. The van der Waals surface area contributed by atoms with E-state index in [9.17, 15) is 13.2 Å². The molecule has 0 saturated heterocycles. The van der Waals surface area contributed by atoms with Crippen molar-refractivity contribution in [1.29, 1.82) is 0 Å². The first-order chi connectivity index (χ1) is 5.15. The molecular weight excluding hydrogens is 153 g/mol. The van der Waals surface area contributed by atoms with Gasteiger partial charge in [-0.15, -0.1) is 0 Å². The maximum atomic E-state index is 12.6. The van der Waals surface area contributed by atoms with Gasteiger partial charge in [0.25, 0.3) is 0 Å². The predicted molar refractivity (Wildman–Crippen MR) is 35.4 cm³/mol. The van der Waals surface area contributed by atoms with Crippen LogP contribution in [0.4, 0.5) is 13.2 Å². The van der Waals surface area contributed by atoms with Gasteiger partial charge in [0, 0.05) is 6.07 Å². The van der Waals surface area contributed by atoms with Gasteiger partial charge in [0.05, 0.1) is 0 Å². The molecule has 0 unspecified atom stereocenters. The molecule has 1 aromatic carbocycles. The molecule has 0 aliphatic heterocycles. The highest BCUT2D eigenvalue weighted by Crippen LogP contribution is 2.13. The molecule has 0 spiro atoms. The highest BCUT2D eigenvalue weighted by atomic mass is 19.2. The maximum Gasteiger partial charge on any atom is 0.161 e. The van der Waals surface area contributed by atoms with Crippen molar-refractivity contribution in [1.82, 2.24) is 0 Å². The fraction of sp³-hybridized carbons (Fsp3) is 0.125. The van der Waals surface area contributed by atoms with Crippen molar-refractivity contribution in [3.8, 4) is 0 Å². The van der Waals surface area contributed by atoms with Gasteiger partial charge in [0.2, 0.25) is 0 Å². The summed E-state index contributed by atoms with van der Waals surface area (Å²) in [5.74, 6) is -2.95. The second-order valence-corrected chi connectivity index (χ2v) is 2.11. The Labute approximate surface area is 62.7 Å². The molecule has 0 N–H and O–H groups in total. The predicted octanol–water partition coefficient (Wildman–Crippen LogP) is 2.48. The van der Waals surface area contributed by atoms with Crippen LogP contribution >= 0.6 is 0 Å². The third-order valence-corrected chi connectivity index (χ3v) is 1.36. The summed E-state index contributed by atoms with van der Waals surface area (Å²) in [4.78, 5) is 0. The molecule has 3 heteroatoms. The molecule has 1 rings (SSSR count). The normalized spacial score (nSPS) is 10.2. The van der Waals surface area contributed by atoms with Gasteiger partial charge in [-0.1, -0.05) is 0 Å². The van der Waals surface area contributed by atoms with Crippen LogP contribution in [0.5, 0.6) is 0 Å². The van der Waals surface area contributed by atoms with E-state index in [0.717, 1.165) is 6.07 Å². The van der Waals surface area contributed by atoms with Crippen molar-refractivity contribution in [3.63, 3.8) is 0 Å². The van der Waals surface area contributed by atoms with E-state index in [1.807, 2.05) is 0 Å². The average molecular weight is 159 g/mol. The fourth-order valence-electron chi connectivity index (χ4n) is 0.755. The van der Waals surface area contributed by atoms with Crippen LogP contribution < -0.4 is 0 Å². The van der Waals surface area contributed by atoms with E-state index in [4.69, 9.17) is 0 Å². The Balaban J connectivity index is 3.21. The molecule has 1 radical (unpaired) electrons. The Morgan fingerprint density at radius 3 is 2.09 bits per heavy atom. The molecule has 0 aromatic heterocycles. The third kappa shape index (κ3) is 1.53. The van der Waals surface area contributed by atoms with Crippen molar-refractivity contribution in [2.24, 2.45) is 0 Å². The minimum Gasteiger partial charge on any atom is -0.207 e. The lowest BCUT2D eigenvalue weighted by Gasteiger charge is -1.99. The molecule has 0 aliphatic carbocycles. The van der Waals surface area contributed by atoms with Crippen LogP contribution in [-0.4, -0.2) is 0 Å². The summed E-state index contributed by atoms with van der Waals surface area (Å²) < 4.78 is 37.2. The summed E-state index contributed by atoms with van der Waals surface area (Å²) in [6.07, 6.45) is 0.114. The van der Waals surface area contributed by atoms with E-state index < -0.39 is 17.5 Å². The summed E-state index contributed by atoms with van der Waals surface area (Å²) in [5, 5.41) is 0. The van der Waals surface area contributed by atoms with Crippen LogP contribution in [0.3, 0.4) is 0 Å². The van der Waals surface area contributed by atoms with Crippen molar-refractivity contribution in [3.05, 3.63) is 42.1 Å². The zero-order valence-electron chi connectivity index (χ0n) is 5.70. The number of halogens is 3. The molecular formula is C8H6F3. The SMILES string of the molecule is [CH2]Cc1cc(F)c(F)cc1F. The van der Waals surface area contributed by atoms with Gasteiger partial charge in [0.15, 0.2) is 11.6 Å². The van der Waals surface area contributed by atoms with Gasteiger partial charge < -0.3 is 0 Å². The Bertz CT molecular complexity index is 268. The number of hydrogen-bond acceptors (Lipinski definition) is 0. The van der Waals surface area contributed by atoms with Gasteiger partial charge in [0.1, 0.15) is 5.82 Å². The molecule has 1 aromatic rings. The molecule has 11 heavy (non-hydrogen) atoms. The molecule has 0 aliphatic rings. The van der Waals surface area contributed by atoms with Crippen molar-refractivity contribution in [2.45, 2.75) is 6.42 Å². The van der Waals surface area contributed by atoms with E-state index in [1.54, 1.807) is 0 Å². The van der Waals surface area contributed by atoms with Gasteiger partial charge in [-0.3, -0.25) is 0 Å². The second kappa shape index (κ2) is 2.95. The van der Waals surface area contributed by atoms with E-state index in [-0.39, 0.29) is 12.0 Å². The van der Waals surface area contributed by atoms with Crippen LogP contribution in [-0.2, 0) is 6.42 Å². The lowest BCUT2D eigenvalue weighted by molar-refractivity contribution is 0.491. The summed E-state index contributed by atoms with van der Waals surface area (Å²) in [6.45, 7) is 3.36. The second-order valence-electron chi connectivity index (χ2n) is 2.11. The van der Waals surface area contributed by atoms with E-state index >= 15 is 0 Å². The molecule has 59 valence electrons. The molecule has 0 atom stereocenters. The highest BCUT2D eigenvalue weighted by molar-refractivity contribution is 5.20. The van der Waals surface area contributed by atoms with E-state index in [1.165, 1.54) is 0 Å². The molecule has 0 saturated carbocycles. The molecule has 0 nitrogen and oxygen atoms in total. The van der Waals surface area contributed by atoms with Crippen molar-refractivity contribution >= 4 is 0 Å². The van der Waals surface area contributed by atoms with E-state index in [2.05, 4.69) is 6.92 Å². The topological polar surface area (TPSA) is 0 Å². The lowest BCUT2D eigenvalue weighted by atomic mass is 10.1. The quantitative estimate of drug-likeness (QED) is 0.552. The Morgan fingerprint density at radius 2 is 1.55 bits per heavy atom. The van der Waals surface area contributed by atoms with Crippen LogP contribution in [0, 0.1) is 24.4 Å². The smallest absolute Gasteiger partial charge is 0.161 e. The van der Waals surface area contributed by atoms with Crippen LogP contribution in [0.25, 0.3) is 0 Å². The minimum atomic E-state index is -1.17. The number of benzene rings is 1. The standard InChI is InChI=1S/C8H6F3/c1-2-5-3-7(10)8(11)4-6(5)9/h3-4H,1-2H2. The summed E-state index contributed by atoms with van der Waals surface area (Å²) in [6, 6.07) is 1.34. The first-order valence-corrected chi connectivity index (χ1v) is 3.08. The summed E-state index contributed by atoms with van der Waals surface area (Å²) in [7, 11) is 0. The first kappa shape index (κ1) is 8.11. The summed E-state index contributed by atoms with van der Waals surface area (Å²) in [5.41, 5.74) is 0.0869. The Hall–Kier alpha value is -0.990. The van der Waals surface area contributed by atoms with Gasteiger partial charge >= 0.3 is 0 Å². The monoisotopic (exact) mass is 159 g/mol. The Kier molecular flexibility index (Phi) is 2.17. The third-order valence-electron chi connectivity index (χ3n) is 1.36. The molecule has 0 fully saturated rings. The van der Waals surface area contributed by atoms with Gasteiger partial charge in [-0.2, -0.15) is 0 Å². The fourth-order valence-corrected chi connectivity index (χ4v) is 0.755. The van der Waals surface area contributed by atoms with Crippen molar-refractivity contribution in [2.75, 3.05) is 0 Å². The van der Waals surface area contributed by atoms with Gasteiger partial charge in [-0.05, 0) is 25.0 Å². The lowest BCUT2D eigenvalue weighted by Crippen LogP contribution is -1.93. The highest BCUT2D eigenvalue weighted by Gasteiger charge is 2.07. The van der Waals surface area contributed by atoms with Crippen LogP contribution in [0.15, 0.2) is 12.1 Å².